The van der Waals surface area contributed by atoms with E-state index in [2.05, 4.69) is 25.2 Å². The Morgan fingerprint density at radius 2 is 1.84 bits per heavy atom. The lowest BCUT2D eigenvalue weighted by Gasteiger charge is -2.30. The smallest absolute Gasteiger partial charge is 0.0991 e. The molecule has 0 radical (unpaired) electrons. The van der Waals surface area contributed by atoms with E-state index in [0.29, 0.717) is 17.6 Å². The van der Waals surface area contributed by atoms with Gasteiger partial charge >= 0.3 is 0 Å². The fourth-order valence-electron chi connectivity index (χ4n) is 2.51. The summed E-state index contributed by atoms with van der Waals surface area (Å²) in [6, 6.07) is 9.93. The second-order valence-electron chi connectivity index (χ2n) is 5.48. The number of nitrogens with one attached hydrogen (secondary N) is 1. The second kappa shape index (κ2) is 6.70. The summed E-state index contributed by atoms with van der Waals surface area (Å²) in [4.78, 5) is 0. The number of nitriles is 1. The summed E-state index contributed by atoms with van der Waals surface area (Å²) >= 11 is 0. The molecule has 1 N–H and O–H groups in total. The molecule has 1 fully saturated rings. The van der Waals surface area contributed by atoms with Gasteiger partial charge in [0.25, 0.3) is 0 Å². The van der Waals surface area contributed by atoms with Crippen LogP contribution in [0.3, 0.4) is 0 Å². The summed E-state index contributed by atoms with van der Waals surface area (Å²) in [6.07, 6.45) is 2.64. The van der Waals surface area contributed by atoms with Crippen LogP contribution >= 0.6 is 0 Å². The van der Waals surface area contributed by atoms with Crippen molar-refractivity contribution in [2.24, 2.45) is 5.92 Å². The van der Waals surface area contributed by atoms with Crippen molar-refractivity contribution in [2.75, 3.05) is 13.1 Å². The number of benzene rings is 1. The first kappa shape index (κ1) is 14.0. The lowest BCUT2D eigenvalue weighted by molar-refractivity contribution is -0.0499. The summed E-state index contributed by atoms with van der Waals surface area (Å²) < 4.78 is 6.29. The van der Waals surface area contributed by atoms with Crippen molar-refractivity contribution < 1.29 is 4.74 Å². The molecular weight excluding hydrogens is 236 g/mol. The van der Waals surface area contributed by atoms with Crippen LogP contribution in [0.15, 0.2) is 24.3 Å². The molecule has 0 spiro atoms. The van der Waals surface area contributed by atoms with E-state index >= 15 is 0 Å². The molecule has 1 unspecified atom stereocenters. The normalized spacial score (nSPS) is 18.2. The van der Waals surface area contributed by atoms with Crippen molar-refractivity contribution in [1.82, 2.24) is 5.32 Å². The topological polar surface area (TPSA) is 45.0 Å². The zero-order valence-electron chi connectivity index (χ0n) is 11.7. The van der Waals surface area contributed by atoms with Crippen molar-refractivity contribution in [3.05, 3.63) is 35.4 Å². The van der Waals surface area contributed by atoms with E-state index in [0.717, 1.165) is 25.9 Å². The van der Waals surface area contributed by atoms with Crippen LogP contribution in [-0.4, -0.2) is 19.2 Å². The third kappa shape index (κ3) is 3.79. The van der Waals surface area contributed by atoms with Crippen molar-refractivity contribution in [2.45, 2.75) is 38.9 Å². The quantitative estimate of drug-likeness (QED) is 0.903. The Hall–Kier alpha value is -1.37. The SMILES string of the molecule is CC(C)C(OC1CCNCC1)c1ccc(C#N)cc1. The van der Waals surface area contributed by atoms with E-state index in [1.807, 2.05) is 24.3 Å². The molecule has 1 heterocycles. The Bertz CT molecular complexity index is 427. The number of ether oxygens (including phenoxy) is 1. The summed E-state index contributed by atoms with van der Waals surface area (Å²) in [6.45, 7) is 6.46. The lowest BCUT2D eigenvalue weighted by atomic mass is 9.97. The molecule has 19 heavy (non-hydrogen) atoms. The molecule has 3 nitrogen and oxygen atoms in total. The van der Waals surface area contributed by atoms with Gasteiger partial charge in [-0.1, -0.05) is 26.0 Å². The monoisotopic (exact) mass is 258 g/mol. The molecule has 1 aromatic rings. The lowest BCUT2D eigenvalue weighted by Crippen LogP contribution is -2.34. The maximum absolute atomic E-state index is 8.85. The standard InChI is InChI=1S/C16H22N2O/c1-12(2)16(19-15-7-9-18-10-8-15)14-5-3-13(11-17)4-6-14/h3-6,12,15-16,18H,7-10H2,1-2H3. The maximum atomic E-state index is 8.85. The van der Waals surface area contributed by atoms with Gasteiger partial charge in [-0.3, -0.25) is 0 Å². The number of piperidine rings is 1. The van der Waals surface area contributed by atoms with Gasteiger partial charge in [-0.2, -0.15) is 5.26 Å². The molecule has 0 aromatic heterocycles. The molecule has 0 saturated carbocycles. The van der Waals surface area contributed by atoms with Crippen molar-refractivity contribution in [3.8, 4) is 6.07 Å². The summed E-state index contributed by atoms with van der Waals surface area (Å²) in [7, 11) is 0. The fraction of sp³-hybridized carbons (Fsp3) is 0.562. The van der Waals surface area contributed by atoms with Gasteiger partial charge < -0.3 is 10.1 Å². The first-order chi connectivity index (χ1) is 9.20. The molecule has 3 heteroatoms. The van der Waals surface area contributed by atoms with Gasteiger partial charge in [0, 0.05) is 0 Å². The van der Waals surface area contributed by atoms with Crippen molar-refractivity contribution in [1.29, 1.82) is 5.26 Å². The Kier molecular flexibility index (Phi) is 4.95. The van der Waals surface area contributed by atoms with Gasteiger partial charge in [0.2, 0.25) is 0 Å². The molecule has 0 amide bonds. The minimum atomic E-state index is 0.121. The summed E-state index contributed by atoms with van der Waals surface area (Å²) in [5.74, 6) is 0.433. The van der Waals surface area contributed by atoms with Gasteiger partial charge in [-0.15, -0.1) is 0 Å². The molecule has 1 atom stereocenters. The Balaban J connectivity index is 2.07. The highest BCUT2D eigenvalue weighted by atomic mass is 16.5. The zero-order valence-corrected chi connectivity index (χ0v) is 11.7. The Morgan fingerprint density at radius 3 is 2.37 bits per heavy atom. The first-order valence-electron chi connectivity index (χ1n) is 7.07. The minimum absolute atomic E-state index is 0.121. The highest BCUT2D eigenvalue weighted by Crippen LogP contribution is 2.29. The molecule has 102 valence electrons. The van der Waals surface area contributed by atoms with Crippen LogP contribution in [0.1, 0.15) is 43.9 Å². The van der Waals surface area contributed by atoms with Crippen LogP contribution in [0.5, 0.6) is 0 Å². The average molecular weight is 258 g/mol. The molecular formula is C16H22N2O. The van der Waals surface area contributed by atoms with Crippen molar-refractivity contribution >= 4 is 0 Å². The molecule has 0 aliphatic carbocycles. The third-order valence-electron chi connectivity index (χ3n) is 3.60. The van der Waals surface area contributed by atoms with Crippen LogP contribution in [-0.2, 0) is 4.74 Å². The van der Waals surface area contributed by atoms with E-state index in [1.165, 1.54) is 5.56 Å². The van der Waals surface area contributed by atoms with E-state index < -0.39 is 0 Å². The number of rotatable bonds is 4. The van der Waals surface area contributed by atoms with Crippen LogP contribution in [0.2, 0.25) is 0 Å². The first-order valence-corrected chi connectivity index (χ1v) is 7.07. The van der Waals surface area contributed by atoms with E-state index in [-0.39, 0.29) is 6.10 Å². The molecule has 2 rings (SSSR count). The van der Waals surface area contributed by atoms with Gasteiger partial charge in [0.15, 0.2) is 0 Å². The number of hydrogen-bond donors (Lipinski definition) is 1. The number of hydrogen-bond acceptors (Lipinski definition) is 3. The predicted molar refractivity (Wildman–Crippen MR) is 75.7 cm³/mol. The minimum Gasteiger partial charge on any atom is -0.370 e. The molecule has 1 aromatic carbocycles. The van der Waals surface area contributed by atoms with Gasteiger partial charge in [0.1, 0.15) is 0 Å². The highest BCUT2D eigenvalue weighted by Gasteiger charge is 2.22. The maximum Gasteiger partial charge on any atom is 0.0991 e. The highest BCUT2D eigenvalue weighted by molar-refractivity contribution is 5.32. The third-order valence-corrected chi connectivity index (χ3v) is 3.60. The van der Waals surface area contributed by atoms with Crippen LogP contribution in [0.25, 0.3) is 0 Å². The number of nitrogens with zero attached hydrogens (tertiary/aromatic N) is 1. The van der Waals surface area contributed by atoms with E-state index in [1.54, 1.807) is 0 Å². The van der Waals surface area contributed by atoms with Crippen LogP contribution < -0.4 is 5.32 Å². The second-order valence-corrected chi connectivity index (χ2v) is 5.48. The van der Waals surface area contributed by atoms with Gasteiger partial charge in [-0.05, 0) is 49.5 Å². The fourth-order valence-corrected chi connectivity index (χ4v) is 2.51. The summed E-state index contributed by atoms with van der Waals surface area (Å²) in [5, 5.41) is 12.2. The Labute approximate surface area is 115 Å². The molecule has 1 aliphatic heterocycles. The molecule has 1 saturated heterocycles. The van der Waals surface area contributed by atoms with Crippen LogP contribution in [0.4, 0.5) is 0 Å². The predicted octanol–water partition coefficient (Wildman–Crippen LogP) is 3.02. The van der Waals surface area contributed by atoms with E-state index in [9.17, 15) is 0 Å². The van der Waals surface area contributed by atoms with Gasteiger partial charge in [0.05, 0.1) is 23.8 Å². The molecule has 1 aliphatic rings. The molecule has 0 bridgehead atoms. The van der Waals surface area contributed by atoms with Gasteiger partial charge in [-0.25, -0.2) is 0 Å². The van der Waals surface area contributed by atoms with Crippen LogP contribution in [0, 0.1) is 17.2 Å². The summed E-state index contributed by atoms with van der Waals surface area (Å²) in [5.41, 5.74) is 1.88. The van der Waals surface area contributed by atoms with E-state index in [4.69, 9.17) is 10.00 Å². The van der Waals surface area contributed by atoms with Crippen molar-refractivity contribution in [3.63, 3.8) is 0 Å². The average Bonchev–Trinajstić information content (AvgIpc) is 2.46. The Morgan fingerprint density at radius 1 is 1.21 bits per heavy atom. The zero-order chi connectivity index (χ0) is 13.7. The largest absolute Gasteiger partial charge is 0.370 e.